The van der Waals surface area contributed by atoms with Gasteiger partial charge in [0.2, 0.25) is 5.13 Å². The Bertz CT molecular complexity index is 609. The van der Waals surface area contributed by atoms with Crippen molar-refractivity contribution in [2.75, 3.05) is 18.6 Å². The van der Waals surface area contributed by atoms with Crippen LogP contribution in [0.5, 0.6) is 5.75 Å². The molecule has 0 N–H and O–H groups in total. The number of nitrogens with zero attached hydrogens (tertiary/aromatic N) is 3. The molecule has 20 heavy (non-hydrogen) atoms. The van der Waals surface area contributed by atoms with Crippen LogP contribution in [0, 0.1) is 0 Å². The molecule has 0 fully saturated rings. The molecule has 0 atom stereocenters. The minimum absolute atomic E-state index is 0.386. The predicted molar refractivity (Wildman–Crippen MR) is 81.7 cm³/mol. The molecule has 0 saturated carbocycles. The lowest BCUT2D eigenvalue weighted by molar-refractivity contribution is 0.407. The van der Waals surface area contributed by atoms with Crippen LogP contribution >= 0.6 is 11.5 Å². The molecule has 0 saturated heterocycles. The molecule has 5 heteroatoms. The third-order valence-corrected chi connectivity index (χ3v) is 4.45. The maximum Gasteiger partial charge on any atom is 0.205 e. The predicted octanol–water partition coefficient (Wildman–Crippen LogP) is 3.23. The average Bonchev–Trinajstić information content (AvgIpc) is 2.96. The smallest absolute Gasteiger partial charge is 0.205 e. The lowest BCUT2D eigenvalue weighted by Gasteiger charge is -2.29. The van der Waals surface area contributed by atoms with E-state index >= 15 is 0 Å². The van der Waals surface area contributed by atoms with Crippen LogP contribution in [0.3, 0.4) is 0 Å². The van der Waals surface area contributed by atoms with Crippen molar-refractivity contribution in [2.45, 2.75) is 32.7 Å². The van der Waals surface area contributed by atoms with Gasteiger partial charge in [0.05, 0.1) is 7.11 Å². The SMILES string of the molecule is COc1cccc2c1CCN(c1nc(C(C)C)ns1)C2. The Morgan fingerprint density at radius 3 is 2.90 bits per heavy atom. The molecule has 1 aromatic heterocycles. The number of anilines is 1. The summed E-state index contributed by atoms with van der Waals surface area (Å²) in [5.41, 5.74) is 2.66. The third kappa shape index (κ3) is 2.38. The zero-order chi connectivity index (χ0) is 14.1. The monoisotopic (exact) mass is 289 g/mol. The summed E-state index contributed by atoms with van der Waals surface area (Å²) in [5.74, 6) is 2.33. The van der Waals surface area contributed by atoms with E-state index in [1.807, 2.05) is 6.07 Å². The summed E-state index contributed by atoms with van der Waals surface area (Å²) in [6.07, 6.45) is 0.996. The molecule has 1 aliphatic heterocycles. The van der Waals surface area contributed by atoms with E-state index in [2.05, 4.69) is 40.2 Å². The topological polar surface area (TPSA) is 38.2 Å². The van der Waals surface area contributed by atoms with Crippen LogP contribution in [0.1, 0.15) is 36.7 Å². The number of hydrogen-bond donors (Lipinski definition) is 0. The number of aromatic nitrogens is 2. The lowest BCUT2D eigenvalue weighted by atomic mass is 9.99. The molecule has 1 aromatic carbocycles. The second-order valence-electron chi connectivity index (χ2n) is 5.36. The summed E-state index contributed by atoms with van der Waals surface area (Å²) < 4.78 is 9.89. The van der Waals surface area contributed by atoms with E-state index in [-0.39, 0.29) is 0 Å². The number of fused-ring (bicyclic) bond motifs is 1. The highest BCUT2D eigenvalue weighted by atomic mass is 32.1. The molecular formula is C15H19N3OS. The van der Waals surface area contributed by atoms with Crippen LogP contribution in [-0.4, -0.2) is 23.0 Å². The molecular weight excluding hydrogens is 270 g/mol. The van der Waals surface area contributed by atoms with Gasteiger partial charge in [-0.25, -0.2) is 4.98 Å². The van der Waals surface area contributed by atoms with Crippen LogP contribution in [0.4, 0.5) is 5.13 Å². The molecule has 0 unspecified atom stereocenters. The standard InChI is InChI=1S/C15H19N3OS/c1-10(2)14-16-15(20-17-14)18-8-7-12-11(9-18)5-4-6-13(12)19-3/h4-6,10H,7-9H2,1-3H3. The highest BCUT2D eigenvalue weighted by Crippen LogP contribution is 2.31. The fourth-order valence-corrected chi connectivity index (χ4v) is 3.35. The van der Waals surface area contributed by atoms with Crippen molar-refractivity contribution in [1.29, 1.82) is 0 Å². The van der Waals surface area contributed by atoms with Gasteiger partial charge in [0.25, 0.3) is 0 Å². The number of methoxy groups -OCH3 is 1. The van der Waals surface area contributed by atoms with Gasteiger partial charge in [-0.05, 0) is 18.1 Å². The normalized spacial score (nSPS) is 14.5. The summed E-state index contributed by atoms with van der Waals surface area (Å²) in [5, 5.41) is 1.03. The van der Waals surface area contributed by atoms with Gasteiger partial charge in [0.15, 0.2) is 0 Å². The van der Waals surface area contributed by atoms with Gasteiger partial charge in [-0.15, -0.1) is 0 Å². The van der Waals surface area contributed by atoms with Crippen LogP contribution in [0.15, 0.2) is 18.2 Å². The molecule has 106 valence electrons. The van der Waals surface area contributed by atoms with E-state index in [0.29, 0.717) is 5.92 Å². The van der Waals surface area contributed by atoms with Crippen molar-refractivity contribution >= 4 is 16.7 Å². The maximum absolute atomic E-state index is 5.45. The van der Waals surface area contributed by atoms with Gasteiger partial charge in [-0.2, -0.15) is 4.37 Å². The van der Waals surface area contributed by atoms with E-state index < -0.39 is 0 Å². The number of ether oxygens (including phenoxy) is 1. The van der Waals surface area contributed by atoms with E-state index in [1.54, 1.807) is 7.11 Å². The second-order valence-corrected chi connectivity index (χ2v) is 6.09. The van der Waals surface area contributed by atoms with Crippen molar-refractivity contribution in [3.05, 3.63) is 35.2 Å². The second kappa shape index (κ2) is 5.40. The zero-order valence-corrected chi connectivity index (χ0v) is 12.9. The van der Waals surface area contributed by atoms with Crippen LogP contribution in [-0.2, 0) is 13.0 Å². The number of hydrogen-bond acceptors (Lipinski definition) is 5. The van der Waals surface area contributed by atoms with Crippen LogP contribution in [0.2, 0.25) is 0 Å². The van der Waals surface area contributed by atoms with Crippen molar-refractivity contribution in [3.8, 4) is 5.75 Å². The van der Waals surface area contributed by atoms with Crippen molar-refractivity contribution in [2.24, 2.45) is 0 Å². The first-order valence-corrected chi connectivity index (χ1v) is 7.69. The maximum atomic E-state index is 5.45. The van der Waals surface area contributed by atoms with Gasteiger partial charge >= 0.3 is 0 Å². The van der Waals surface area contributed by atoms with E-state index in [1.165, 1.54) is 22.7 Å². The van der Waals surface area contributed by atoms with E-state index in [9.17, 15) is 0 Å². The first-order chi connectivity index (χ1) is 9.69. The molecule has 2 aromatic rings. The summed E-state index contributed by atoms with van der Waals surface area (Å²) in [4.78, 5) is 6.96. The zero-order valence-electron chi connectivity index (χ0n) is 12.1. The fraction of sp³-hybridized carbons (Fsp3) is 0.467. The summed E-state index contributed by atoms with van der Waals surface area (Å²) in [6, 6.07) is 6.27. The molecule has 1 aliphatic rings. The molecule has 0 spiro atoms. The Morgan fingerprint density at radius 2 is 2.20 bits per heavy atom. The molecule has 2 heterocycles. The van der Waals surface area contributed by atoms with Gasteiger partial charge in [-0.3, -0.25) is 0 Å². The molecule has 4 nitrogen and oxygen atoms in total. The lowest BCUT2D eigenvalue weighted by Crippen LogP contribution is -2.30. The summed E-state index contributed by atoms with van der Waals surface area (Å²) in [7, 11) is 1.74. The summed E-state index contributed by atoms with van der Waals surface area (Å²) in [6.45, 7) is 6.11. The number of benzene rings is 1. The quantitative estimate of drug-likeness (QED) is 0.869. The van der Waals surface area contributed by atoms with Crippen molar-refractivity contribution in [3.63, 3.8) is 0 Å². The van der Waals surface area contributed by atoms with Gasteiger partial charge in [0.1, 0.15) is 11.6 Å². The van der Waals surface area contributed by atoms with Gasteiger partial charge < -0.3 is 9.64 Å². The van der Waals surface area contributed by atoms with Crippen molar-refractivity contribution in [1.82, 2.24) is 9.36 Å². The van der Waals surface area contributed by atoms with Crippen LogP contribution < -0.4 is 9.64 Å². The van der Waals surface area contributed by atoms with E-state index in [0.717, 1.165) is 36.2 Å². The third-order valence-electron chi connectivity index (χ3n) is 3.66. The Morgan fingerprint density at radius 1 is 1.35 bits per heavy atom. The highest BCUT2D eigenvalue weighted by Gasteiger charge is 2.22. The molecule has 0 bridgehead atoms. The fourth-order valence-electron chi connectivity index (χ4n) is 2.52. The van der Waals surface area contributed by atoms with Crippen molar-refractivity contribution < 1.29 is 4.74 Å². The molecule has 3 rings (SSSR count). The molecule has 0 amide bonds. The Hall–Kier alpha value is -1.62. The first-order valence-electron chi connectivity index (χ1n) is 6.92. The minimum Gasteiger partial charge on any atom is -0.496 e. The largest absolute Gasteiger partial charge is 0.496 e. The Kier molecular flexibility index (Phi) is 3.61. The van der Waals surface area contributed by atoms with Gasteiger partial charge in [-0.1, -0.05) is 26.0 Å². The van der Waals surface area contributed by atoms with E-state index in [4.69, 9.17) is 4.74 Å². The molecule has 0 radical (unpaired) electrons. The highest BCUT2D eigenvalue weighted by molar-refractivity contribution is 7.09. The Labute approximate surface area is 123 Å². The molecule has 0 aliphatic carbocycles. The van der Waals surface area contributed by atoms with Gasteiger partial charge in [0, 0.05) is 36.1 Å². The first kappa shape index (κ1) is 13.4. The minimum atomic E-state index is 0.386. The number of rotatable bonds is 3. The Balaban J connectivity index is 1.84. The van der Waals surface area contributed by atoms with Crippen LogP contribution in [0.25, 0.3) is 0 Å². The average molecular weight is 289 g/mol. The summed E-state index contributed by atoms with van der Waals surface area (Å²) >= 11 is 1.50.